The minimum absolute atomic E-state index is 0.226. The first-order valence-corrected chi connectivity index (χ1v) is 8.68. The summed E-state index contributed by atoms with van der Waals surface area (Å²) in [6.45, 7) is 8.62. The quantitative estimate of drug-likeness (QED) is 0.729. The molecule has 0 aliphatic rings. The maximum atomic E-state index is 5.48. The first kappa shape index (κ1) is 17.5. The number of anilines is 1. The lowest BCUT2D eigenvalue weighted by Crippen LogP contribution is -2.32. The smallest absolute Gasteiger partial charge is 0.171 e. The van der Waals surface area contributed by atoms with E-state index in [9.17, 15) is 0 Å². The molecule has 2 nitrogen and oxygen atoms in total. The van der Waals surface area contributed by atoms with Crippen LogP contribution in [0.25, 0.3) is 0 Å². The molecule has 2 N–H and O–H groups in total. The molecule has 0 aliphatic carbocycles. The number of aryl methyl sites for hydroxylation is 3. The molecule has 23 heavy (non-hydrogen) atoms. The van der Waals surface area contributed by atoms with Crippen molar-refractivity contribution in [2.45, 2.75) is 46.6 Å². The SMILES string of the molecule is CCc1ccc(NC(=S)N[C@H](CC)c2ccc(C)c(C)c2)cc1. The summed E-state index contributed by atoms with van der Waals surface area (Å²) in [6, 6.07) is 15.2. The Morgan fingerprint density at radius 2 is 1.70 bits per heavy atom. The van der Waals surface area contributed by atoms with Crippen molar-refractivity contribution in [2.24, 2.45) is 0 Å². The molecule has 2 rings (SSSR count). The number of rotatable bonds is 5. The normalized spacial score (nSPS) is 11.8. The van der Waals surface area contributed by atoms with Crippen LogP contribution in [0.15, 0.2) is 42.5 Å². The third kappa shape index (κ3) is 4.80. The van der Waals surface area contributed by atoms with Gasteiger partial charge in [0.05, 0.1) is 6.04 Å². The average Bonchev–Trinajstić information content (AvgIpc) is 2.56. The Balaban J connectivity index is 2.02. The van der Waals surface area contributed by atoms with Gasteiger partial charge in [0.2, 0.25) is 0 Å². The van der Waals surface area contributed by atoms with Gasteiger partial charge in [0.1, 0.15) is 0 Å². The second-order valence-electron chi connectivity index (χ2n) is 5.95. The minimum Gasteiger partial charge on any atom is -0.356 e. The van der Waals surface area contributed by atoms with Crippen LogP contribution in [-0.2, 0) is 6.42 Å². The van der Waals surface area contributed by atoms with E-state index in [1.807, 2.05) is 0 Å². The third-order valence-corrected chi connectivity index (χ3v) is 4.49. The summed E-state index contributed by atoms with van der Waals surface area (Å²) in [6.07, 6.45) is 2.03. The summed E-state index contributed by atoms with van der Waals surface area (Å²) in [7, 11) is 0. The molecule has 0 amide bonds. The van der Waals surface area contributed by atoms with Crippen molar-refractivity contribution in [3.8, 4) is 0 Å². The summed E-state index contributed by atoms with van der Waals surface area (Å²) in [4.78, 5) is 0. The van der Waals surface area contributed by atoms with Crippen molar-refractivity contribution in [3.05, 3.63) is 64.7 Å². The number of hydrogen-bond donors (Lipinski definition) is 2. The number of nitrogens with one attached hydrogen (secondary N) is 2. The maximum Gasteiger partial charge on any atom is 0.171 e. The Morgan fingerprint density at radius 3 is 2.26 bits per heavy atom. The second kappa shape index (κ2) is 8.11. The Bertz CT molecular complexity index is 662. The Hall–Kier alpha value is -1.87. The first-order valence-electron chi connectivity index (χ1n) is 8.27. The van der Waals surface area contributed by atoms with Gasteiger partial charge in [-0.3, -0.25) is 0 Å². The van der Waals surface area contributed by atoms with Crippen molar-refractivity contribution in [1.29, 1.82) is 0 Å². The van der Waals surface area contributed by atoms with Gasteiger partial charge >= 0.3 is 0 Å². The van der Waals surface area contributed by atoms with Crippen molar-refractivity contribution in [3.63, 3.8) is 0 Å². The fourth-order valence-electron chi connectivity index (χ4n) is 2.55. The molecule has 0 heterocycles. The van der Waals surface area contributed by atoms with Crippen LogP contribution in [0, 0.1) is 13.8 Å². The van der Waals surface area contributed by atoms with Gasteiger partial charge in [-0.25, -0.2) is 0 Å². The van der Waals surface area contributed by atoms with Gasteiger partial charge in [-0.1, -0.05) is 44.2 Å². The molecule has 0 radical (unpaired) electrons. The number of thiocarbonyl (C=S) groups is 1. The molecular formula is C20H26N2S. The standard InChI is InChI=1S/C20H26N2S/c1-5-16-8-11-18(12-9-16)21-20(23)22-19(6-2)17-10-7-14(3)15(4)13-17/h7-13,19H,5-6H2,1-4H3,(H2,21,22,23)/t19-/m1/s1. The highest BCUT2D eigenvalue weighted by Crippen LogP contribution is 2.20. The molecule has 122 valence electrons. The zero-order valence-electron chi connectivity index (χ0n) is 14.4. The van der Waals surface area contributed by atoms with E-state index in [-0.39, 0.29) is 6.04 Å². The summed E-state index contributed by atoms with van der Waals surface area (Å²) in [5, 5.41) is 7.37. The second-order valence-corrected chi connectivity index (χ2v) is 6.36. The molecule has 0 aromatic heterocycles. The van der Waals surface area contributed by atoms with Crippen LogP contribution in [0.4, 0.5) is 5.69 Å². The summed E-state index contributed by atoms with van der Waals surface area (Å²) in [5.41, 5.74) is 6.27. The molecule has 0 saturated heterocycles. The van der Waals surface area contributed by atoms with Gasteiger partial charge < -0.3 is 10.6 Å². The van der Waals surface area contributed by atoms with Gasteiger partial charge in [0.25, 0.3) is 0 Å². The van der Waals surface area contributed by atoms with E-state index in [1.54, 1.807) is 0 Å². The highest BCUT2D eigenvalue weighted by molar-refractivity contribution is 7.80. The molecule has 0 saturated carbocycles. The molecule has 0 unspecified atom stereocenters. The number of hydrogen-bond acceptors (Lipinski definition) is 1. The lowest BCUT2D eigenvalue weighted by atomic mass is 9.99. The minimum atomic E-state index is 0.226. The van der Waals surface area contributed by atoms with E-state index in [2.05, 4.69) is 80.8 Å². The molecule has 0 bridgehead atoms. The predicted molar refractivity (Wildman–Crippen MR) is 104 cm³/mol. The molecule has 0 spiro atoms. The third-order valence-electron chi connectivity index (χ3n) is 4.27. The summed E-state index contributed by atoms with van der Waals surface area (Å²) >= 11 is 5.48. The van der Waals surface area contributed by atoms with E-state index in [0.29, 0.717) is 5.11 Å². The van der Waals surface area contributed by atoms with Crippen LogP contribution < -0.4 is 10.6 Å². The van der Waals surface area contributed by atoms with Crippen LogP contribution in [-0.4, -0.2) is 5.11 Å². The van der Waals surface area contributed by atoms with Crippen LogP contribution >= 0.6 is 12.2 Å². The fraction of sp³-hybridized carbons (Fsp3) is 0.350. The van der Waals surface area contributed by atoms with E-state index in [1.165, 1.54) is 22.3 Å². The van der Waals surface area contributed by atoms with Crippen LogP contribution in [0.1, 0.15) is 48.6 Å². The van der Waals surface area contributed by atoms with Gasteiger partial charge in [-0.15, -0.1) is 0 Å². The van der Waals surface area contributed by atoms with E-state index in [4.69, 9.17) is 12.2 Å². The molecule has 3 heteroatoms. The zero-order chi connectivity index (χ0) is 16.8. The van der Waals surface area contributed by atoms with Crippen molar-refractivity contribution < 1.29 is 0 Å². The van der Waals surface area contributed by atoms with Gasteiger partial charge in [-0.2, -0.15) is 0 Å². The Labute approximate surface area is 145 Å². The summed E-state index contributed by atoms with van der Waals surface area (Å²) in [5.74, 6) is 0. The highest BCUT2D eigenvalue weighted by Gasteiger charge is 2.11. The zero-order valence-corrected chi connectivity index (χ0v) is 15.3. The predicted octanol–water partition coefficient (Wildman–Crippen LogP) is 5.30. The van der Waals surface area contributed by atoms with Crippen LogP contribution in [0.2, 0.25) is 0 Å². The van der Waals surface area contributed by atoms with Crippen molar-refractivity contribution >= 4 is 23.0 Å². The molecule has 0 aliphatic heterocycles. The largest absolute Gasteiger partial charge is 0.356 e. The topological polar surface area (TPSA) is 24.1 Å². The molecule has 2 aromatic carbocycles. The molecule has 1 atom stereocenters. The molecular weight excluding hydrogens is 300 g/mol. The van der Waals surface area contributed by atoms with E-state index < -0.39 is 0 Å². The van der Waals surface area contributed by atoms with Gasteiger partial charge in [0.15, 0.2) is 5.11 Å². The average molecular weight is 327 g/mol. The monoisotopic (exact) mass is 326 g/mol. The van der Waals surface area contributed by atoms with E-state index in [0.717, 1.165) is 18.5 Å². The lowest BCUT2D eigenvalue weighted by Gasteiger charge is -2.21. The van der Waals surface area contributed by atoms with Crippen LogP contribution in [0.5, 0.6) is 0 Å². The highest BCUT2D eigenvalue weighted by atomic mass is 32.1. The van der Waals surface area contributed by atoms with Crippen molar-refractivity contribution in [2.75, 3.05) is 5.32 Å². The summed E-state index contributed by atoms with van der Waals surface area (Å²) < 4.78 is 0. The maximum absolute atomic E-state index is 5.48. The first-order chi connectivity index (χ1) is 11.0. The lowest BCUT2D eigenvalue weighted by molar-refractivity contribution is 0.628. The molecule has 0 fully saturated rings. The fourth-order valence-corrected chi connectivity index (χ4v) is 2.81. The molecule has 2 aromatic rings. The number of benzene rings is 2. The van der Waals surface area contributed by atoms with Crippen molar-refractivity contribution in [1.82, 2.24) is 5.32 Å². The Morgan fingerprint density at radius 1 is 1.00 bits per heavy atom. The van der Waals surface area contributed by atoms with E-state index >= 15 is 0 Å². The Kier molecular flexibility index (Phi) is 6.17. The van der Waals surface area contributed by atoms with Gasteiger partial charge in [0, 0.05) is 5.69 Å². The van der Waals surface area contributed by atoms with Gasteiger partial charge in [-0.05, 0) is 73.3 Å². The van der Waals surface area contributed by atoms with Crippen LogP contribution in [0.3, 0.4) is 0 Å².